The first-order valence-electron chi connectivity index (χ1n) is 6.71. The lowest BCUT2D eigenvalue weighted by Gasteiger charge is -2.14. The minimum absolute atomic E-state index is 0.0800. The van der Waals surface area contributed by atoms with Crippen molar-refractivity contribution >= 4 is 21.2 Å². The van der Waals surface area contributed by atoms with Crippen molar-refractivity contribution in [3.05, 3.63) is 46.8 Å². The van der Waals surface area contributed by atoms with Gasteiger partial charge in [0.2, 0.25) is 0 Å². The molecule has 0 radical (unpaired) electrons. The summed E-state index contributed by atoms with van der Waals surface area (Å²) in [5.41, 5.74) is 7.43. The number of ether oxygens (including phenoxy) is 1. The lowest BCUT2D eigenvalue weighted by molar-refractivity contribution is 0.337. The van der Waals surface area contributed by atoms with Crippen LogP contribution in [0, 0.1) is 0 Å². The zero-order chi connectivity index (χ0) is 15.5. The standard InChI is InChI=1S/C15H19NO3S2/c1-3-19-14-7-6-12(11(2)16)9-13(14)10-21(17,18)15-5-4-8-20-15/h4-9,11H,3,10,16H2,1-2H3. The average Bonchev–Trinajstić information content (AvgIpc) is 2.95. The van der Waals surface area contributed by atoms with Crippen LogP contribution in [-0.4, -0.2) is 15.0 Å². The number of nitrogens with two attached hydrogens (primary N) is 1. The fourth-order valence-corrected chi connectivity index (χ4v) is 4.45. The van der Waals surface area contributed by atoms with Crippen LogP contribution in [0.3, 0.4) is 0 Å². The fourth-order valence-electron chi connectivity index (χ4n) is 2.01. The molecule has 0 bridgehead atoms. The molecule has 2 N–H and O–H groups in total. The first-order chi connectivity index (χ1) is 9.94. The molecule has 0 aliphatic rings. The SMILES string of the molecule is CCOc1ccc(C(C)N)cc1CS(=O)(=O)c1cccs1. The van der Waals surface area contributed by atoms with Crippen molar-refractivity contribution in [3.8, 4) is 5.75 Å². The van der Waals surface area contributed by atoms with Gasteiger partial charge in [0, 0.05) is 11.6 Å². The number of hydrogen-bond donors (Lipinski definition) is 1. The Kier molecular flexibility index (Phi) is 5.03. The van der Waals surface area contributed by atoms with Crippen molar-refractivity contribution in [1.29, 1.82) is 0 Å². The Morgan fingerprint density at radius 2 is 2.10 bits per heavy atom. The number of benzene rings is 1. The van der Waals surface area contributed by atoms with Crippen molar-refractivity contribution < 1.29 is 13.2 Å². The van der Waals surface area contributed by atoms with Gasteiger partial charge in [-0.15, -0.1) is 11.3 Å². The maximum atomic E-state index is 12.4. The largest absolute Gasteiger partial charge is 0.494 e. The molecular weight excluding hydrogens is 306 g/mol. The second-order valence-corrected chi connectivity index (χ2v) is 7.94. The van der Waals surface area contributed by atoms with Gasteiger partial charge < -0.3 is 10.5 Å². The van der Waals surface area contributed by atoms with Crippen LogP contribution in [0.4, 0.5) is 0 Å². The molecule has 0 saturated carbocycles. The predicted octanol–water partition coefficient (Wildman–Crippen LogP) is 3.14. The third-order valence-electron chi connectivity index (χ3n) is 3.06. The molecule has 0 saturated heterocycles. The summed E-state index contributed by atoms with van der Waals surface area (Å²) in [5, 5.41) is 1.76. The zero-order valence-electron chi connectivity index (χ0n) is 12.1. The first kappa shape index (κ1) is 16.0. The lowest BCUT2D eigenvalue weighted by atomic mass is 10.1. The van der Waals surface area contributed by atoms with Gasteiger partial charge in [0.05, 0.1) is 12.4 Å². The zero-order valence-corrected chi connectivity index (χ0v) is 13.7. The molecule has 2 aromatic rings. The molecule has 2 rings (SSSR count). The van der Waals surface area contributed by atoms with Crippen LogP contribution in [0.15, 0.2) is 39.9 Å². The quantitative estimate of drug-likeness (QED) is 0.886. The van der Waals surface area contributed by atoms with Gasteiger partial charge in [-0.1, -0.05) is 12.1 Å². The highest BCUT2D eigenvalue weighted by Gasteiger charge is 2.19. The minimum Gasteiger partial charge on any atom is -0.494 e. The highest BCUT2D eigenvalue weighted by molar-refractivity contribution is 7.92. The second kappa shape index (κ2) is 6.60. The smallest absolute Gasteiger partial charge is 0.192 e. The van der Waals surface area contributed by atoms with Crippen LogP contribution in [0.25, 0.3) is 0 Å². The molecular formula is C15H19NO3S2. The minimum atomic E-state index is -3.36. The molecule has 0 aliphatic carbocycles. The third kappa shape index (κ3) is 3.84. The summed E-state index contributed by atoms with van der Waals surface area (Å²) in [5.74, 6) is 0.519. The molecule has 1 unspecified atom stereocenters. The van der Waals surface area contributed by atoms with Gasteiger partial charge in [-0.3, -0.25) is 0 Å². The average molecular weight is 325 g/mol. The normalized spacial score (nSPS) is 13.1. The molecule has 114 valence electrons. The molecule has 1 aromatic heterocycles. The summed E-state index contributed by atoms with van der Waals surface area (Å²) in [6, 6.07) is 8.69. The molecule has 1 atom stereocenters. The van der Waals surface area contributed by atoms with E-state index in [9.17, 15) is 8.42 Å². The van der Waals surface area contributed by atoms with E-state index in [-0.39, 0.29) is 11.8 Å². The third-order valence-corrected chi connectivity index (χ3v) is 6.21. The van der Waals surface area contributed by atoms with Gasteiger partial charge in [-0.25, -0.2) is 8.42 Å². The molecule has 0 aliphatic heterocycles. The van der Waals surface area contributed by atoms with E-state index in [1.54, 1.807) is 23.6 Å². The molecule has 4 nitrogen and oxygen atoms in total. The van der Waals surface area contributed by atoms with Crippen molar-refractivity contribution in [2.75, 3.05) is 6.61 Å². The maximum absolute atomic E-state index is 12.4. The summed E-state index contributed by atoms with van der Waals surface area (Å²) in [4.78, 5) is 0. The van der Waals surface area contributed by atoms with E-state index in [4.69, 9.17) is 10.5 Å². The van der Waals surface area contributed by atoms with Crippen LogP contribution >= 0.6 is 11.3 Å². The van der Waals surface area contributed by atoms with Gasteiger partial charge in [0.1, 0.15) is 9.96 Å². The van der Waals surface area contributed by atoms with E-state index >= 15 is 0 Å². The Balaban J connectivity index is 2.39. The van der Waals surface area contributed by atoms with Gasteiger partial charge in [-0.2, -0.15) is 0 Å². The van der Waals surface area contributed by atoms with Crippen LogP contribution in [0.5, 0.6) is 5.75 Å². The molecule has 1 heterocycles. The van der Waals surface area contributed by atoms with Crippen LogP contribution in [0.2, 0.25) is 0 Å². The monoisotopic (exact) mass is 325 g/mol. The Morgan fingerprint density at radius 1 is 1.33 bits per heavy atom. The summed E-state index contributed by atoms with van der Waals surface area (Å²) >= 11 is 1.23. The Morgan fingerprint density at radius 3 is 2.67 bits per heavy atom. The summed E-state index contributed by atoms with van der Waals surface area (Å²) in [6.45, 7) is 4.23. The molecule has 0 spiro atoms. The molecule has 0 fully saturated rings. The summed E-state index contributed by atoms with van der Waals surface area (Å²) < 4.78 is 30.8. The van der Waals surface area contributed by atoms with Crippen LogP contribution < -0.4 is 10.5 Å². The van der Waals surface area contributed by atoms with Crippen molar-refractivity contribution in [2.45, 2.75) is 29.9 Å². The highest BCUT2D eigenvalue weighted by Crippen LogP contribution is 2.28. The van der Waals surface area contributed by atoms with E-state index in [0.29, 0.717) is 22.1 Å². The topological polar surface area (TPSA) is 69.4 Å². The number of thiophene rings is 1. The number of hydrogen-bond acceptors (Lipinski definition) is 5. The summed E-state index contributed by atoms with van der Waals surface area (Å²) in [7, 11) is -3.36. The van der Waals surface area contributed by atoms with Gasteiger partial charge in [0.25, 0.3) is 0 Å². The van der Waals surface area contributed by atoms with Crippen LogP contribution in [-0.2, 0) is 15.6 Å². The van der Waals surface area contributed by atoms with E-state index < -0.39 is 9.84 Å². The van der Waals surface area contributed by atoms with Crippen molar-refractivity contribution in [1.82, 2.24) is 0 Å². The molecule has 21 heavy (non-hydrogen) atoms. The van der Waals surface area contributed by atoms with Gasteiger partial charge >= 0.3 is 0 Å². The Bertz CT molecular complexity index is 692. The molecule has 0 amide bonds. The van der Waals surface area contributed by atoms with Crippen LogP contribution in [0.1, 0.15) is 31.0 Å². The Labute approximate surface area is 129 Å². The number of sulfone groups is 1. The lowest BCUT2D eigenvalue weighted by Crippen LogP contribution is -2.09. The van der Waals surface area contributed by atoms with Gasteiger partial charge in [0.15, 0.2) is 9.84 Å². The first-order valence-corrected chi connectivity index (χ1v) is 9.24. The predicted molar refractivity (Wildman–Crippen MR) is 85.4 cm³/mol. The Hall–Kier alpha value is -1.37. The second-order valence-electron chi connectivity index (χ2n) is 4.78. The highest BCUT2D eigenvalue weighted by atomic mass is 32.2. The van der Waals surface area contributed by atoms with E-state index in [0.717, 1.165) is 5.56 Å². The molecule has 1 aromatic carbocycles. The fraction of sp³-hybridized carbons (Fsp3) is 0.333. The summed E-state index contributed by atoms with van der Waals surface area (Å²) in [6.07, 6.45) is 0. The maximum Gasteiger partial charge on any atom is 0.192 e. The van der Waals surface area contributed by atoms with E-state index in [1.165, 1.54) is 11.3 Å². The van der Waals surface area contributed by atoms with Crippen molar-refractivity contribution in [2.24, 2.45) is 5.73 Å². The van der Waals surface area contributed by atoms with E-state index in [1.807, 2.05) is 26.0 Å². The number of rotatable bonds is 6. The molecule has 6 heteroatoms. The van der Waals surface area contributed by atoms with Crippen molar-refractivity contribution in [3.63, 3.8) is 0 Å². The van der Waals surface area contributed by atoms with Gasteiger partial charge in [-0.05, 0) is 43.0 Å². The van der Waals surface area contributed by atoms with E-state index in [2.05, 4.69) is 0 Å².